The molecular formula is C11H16Cl2FN. The maximum atomic E-state index is 13.1. The van der Waals surface area contributed by atoms with Gasteiger partial charge in [0.15, 0.2) is 0 Å². The number of rotatable bonds is 4. The molecule has 15 heavy (non-hydrogen) atoms. The van der Waals surface area contributed by atoms with E-state index in [1.807, 2.05) is 0 Å². The third-order valence-electron chi connectivity index (χ3n) is 2.24. The first-order valence-electron chi connectivity index (χ1n) is 4.85. The van der Waals surface area contributed by atoms with Gasteiger partial charge in [0.1, 0.15) is 5.82 Å². The van der Waals surface area contributed by atoms with Crippen LogP contribution in [-0.4, -0.2) is 0 Å². The van der Waals surface area contributed by atoms with E-state index in [0.717, 1.165) is 24.8 Å². The summed E-state index contributed by atoms with van der Waals surface area (Å²) in [6.45, 7) is 2.11. The van der Waals surface area contributed by atoms with E-state index in [1.165, 1.54) is 6.07 Å². The Morgan fingerprint density at radius 3 is 2.67 bits per heavy atom. The van der Waals surface area contributed by atoms with Crippen molar-refractivity contribution in [2.75, 3.05) is 0 Å². The molecule has 0 saturated carbocycles. The van der Waals surface area contributed by atoms with Gasteiger partial charge < -0.3 is 5.73 Å². The first-order chi connectivity index (χ1) is 6.65. The SMILES string of the molecule is CCCC[C@@H](N)c1ccc(Cl)c(F)c1.Cl. The molecule has 1 aromatic rings. The maximum absolute atomic E-state index is 13.1. The fourth-order valence-corrected chi connectivity index (χ4v) is 1.45. The van der Waals surface area contributed by atoms with Crippen molar-refractivity contribution < 1.29 is 4.39 Å². The number of benzene rings is 1. The minimum Gasteiger partial charge on any atom is -0.324 e. The molecule has 0 unspecified atom stereocenters. The molecule has 0 amide bonds. The largest absolute Gasteiger partial charge is 0.324 e. The molecule has 0 heterocycles. The molecule has 1 rings (SSSR count). The molecule has 0 saturated heterocycles. The van der Waals surface area contributed by atoms with Crippen molar-refractivity contribution in [2.45, 2.75) is 32.2 Å². The van der Waals surface area contributed by atoms with Crippen LogP contribution >= 0.6 is 24.0 Å². The molecule has 0 bridgehead atoms. The van der Waals surface area contributed by atoms with Gasteiger partial charge >= 0.3 is 0 Å². The maximum Gasteiger partial charge on any atom is 0.142 e. The molecule has 1 aromatic carbocycles. The van der Waals surface area contributed by atoms with Crippen molar-refractivity contribution in [2.24, 2.45) is 5.73 Å². The van der Waals surface area contributed by atoms with Crippen molar-refractivity contribution in [3.63, 3.8) is 0 Å². The molecule has 1 nitrogen and oxygen atoms in total. The highest BCUT2D eigenvalue weighted by Crippen LogP contribution is 2.21. The average Bonchev–Trinajstić information content (AvgIpc) is 2.18. The number of hydrogen-bond acceptors (Lipinski definition) is 1. The van der Waals surface area contributed by atoms with E-state index in [-0.39, 0.29) is 23.5 Å². The number of unbranched alkanes of at least 4 members (excludes halogenated alkanes) is 1. The number of halogens is 3. The molecule has 86 valence electrons. The lowest BCUT2D eigenvalue weighted by atomic mass is 10.0. The van der Waals surface area contributed by atoms with Crippen LogP contribution in [-0.2, 0) is 0 Å². The van der Waals surface area contributed by atoms with E-state index in [4.69, 9.17) is 17.3 Å². The van der Waals surface area contributed by atoms with Crippen LogP contribution < -0.4 is 5.73 Å². The van der Waals surface area contributed by atoms with Gasteiger partial charge in [-0.25, -0.2) is 4.39 Å². The second-order valence-electron chi connectivity index (χ2n) is 3.42. The van der Waals surface area contributed by atoms with Gasteiger partial charge in [-0.15, -0.1) is 12.4 Å². The Kier molecular flexibility index (Phi) is 6.90. The first-order valence-corrected chi connectivity index (χ1v) is 5.23. The van der Waals surface area contributed by atoms with E-state index >= 15 is 0 Å². The molecule has 0 radical (unpaired) electrons. The second kappa shape index (κ2) is 7.04. The van der Waals surface area contributed by atoms with Crippen LogP contribution in [0.3, 0.4) is 0 Å². The van der Waals surface area contributed by atoms with E-state index in [0.29, 0.717) is 0 Å². The van der Waals surface area contributed by atoms with Gasteiger partial charge in [-0.3, -0.25) is 0 Å². The molecule has 0 aliphatic heterocycles. The monoisotopic (exact) mass is 251 g/mol. The smallest absolute Gasteiger partial charge is 0.142 e. The van der Waals surface area contributed by atoms with Crippen LogP contribution in [0.5, 0.6) is 0 Å². The highest BCUT2D eigenvalue weighted by Gasteiger charge is 2.07. The minimum absolute atomic E-state index is 0. The summed E-state index contributed by atoms with van der Waals surface area (Å²) < 4.78 is 13.1. The fraction of sp³-hybridized carbons (Fsp3) is 0.455. The van der Waals surface area contributed by atoms with Crippen LogP contribution in [0.25, 0.3) is 0 Å². The summed E-state index contributed by atoms with van der Waals surface area (Å²) in [6.07, 6.45) is 3.05. The van der Waals surface area contributed by atoms with Crippen LogP contribution in [0.4, 0.5) is 4.39 Å². The van der Waals surface area contributed by atoms with E-state index in [9.17, 15) is 4.39 Å². The Morgan fingerprint density at radius 1 is 1.47 bits per heavy atom. The third-order valence-corrected chi connectivity index (χ3v) is 2.55. The molecule has 4 heteroatoms. The minimum atomic E-state index is -0.392. The van der Waals surface area contributed by atoms with Gasteiger partial charge in [0.05, 0.1) is 5.02 Å². The van der Waals surface area contributed by atoms with Crippen molar-refractivity contribution >= 4 is 24.0 Å². The first kappa shape index (κ1) is 14.7. The lowest BCUT2D eigenvalue weighted by Gasteiger charge is -2.11. The lowest BCUT2D eigenvalue weighted by molar-refractivity contribution is 0.588. The quantitative estimate of drug-likeness (QED) is 0.858. The zero-order valence-electron chi connectivity index (χ0n) is 8.67. The number of nitrogens with two attached hydrogens (primary N) is 1. The summed E-state index contributed by atoms with van der Waals surface area (Å²) >= 11 is 5.57. The third kappa shape index (κ3) is 4.37. The van der Waals surface area contributed by atoms with Crippen molar-refractivity contribution in [1.82, 2.24) is 0 Å². The highest BCUT2D eigenvalue weighted by atomic mass is 35.5. The Hall–Kier alpha value is -0.310. The molecule has 0 aliphatic rings. The van der Waals surface area contributed by atoms with Crippen LogP contribution in [0.1, 0.15) is 37.8 Å². The topological polar surface area (TPSA) is 26.0 Å². The van der Waals surface area contributed by atoms with Crippen LogP contribution in [0, 0.1) is 5.82 Å². The summed E-state index contributed by atoms with van der Waals surface area (Å²) in [5.41, 5.74) is 6.71. The van der Waals surface area contributed by atoms with E-state index < -0.39 is 5.82 Å². The van der Waals surface area contributed by atoms with Crippen LogP contribution in [0.15, 0.2) is 18.2 Å². The van der Waals surface area contributed by atoms with Gasteiger partial charge in [-0.2, -0.15) is 0 Å². The molecular weight excluding hydrogens is 236 g/mol. The predicted octanol–water partition coefficient (Wildman–Crippen LogP) is 4.09. The Bertz CT molecular complexity index is 305. The fourth-order valence-electron chi connectivity index (χ4n) is 1.33. The Balaban J connectivity index is 0.00000196. The van der Waals surface area contributed by atoms with Gasteiger partial charge in [0, 0.05) is 6.04 Å². The Labute approximate surface area is 101 Å². The van der Waals surface area contributed by atoms with Crippen LogP contribution in [0.2, 0.25) is 5.02 Å². The lowest BCUT2D eigenvalue weighted by Crippen LogP contribution is -2.10. The van der Waals surface area contributed by atoms with Crippen molar-refractivity contribution in [1.29, 1.82) is 0 Å². The van der Waals surface area contributed by atoms with Gasteiger partial charge in [0.2, 0.25) is 0 Å². The summed E-state index contributed by atoms with van der Waals surface area (Å²) in [7, 11) is 0. The molecule has 1 atom stereocenters. The zero-order valence-corrected chi connectivity index (χ0v) is 10.2. The molecule has 0 aliphatic carbocycles. The molecule has 0 fully saturated rings. The highest BCUT2D eigenvalue weighted by molar-refractivity contribution is 6.30. The normalized spacial score (nSPS) is 12.0. The summed E-state index contributed by atoms with van der Waals surface area (Å²) in [6, 6.07) is 4.67. The molecule has 0 spiro atoms. The van der Waals surface area contributed by atoms with E-state index in [1.54, 1.807) is 12.1 Å². The summed E-state index contributed by atoms with van der Waals surface area (Å²) in [5, 5.41) is 0.149. The molecule has 0 aromatic heterocycles. The Morgan fingerprint density at radius 2 is 2.13 bits per heavy atom. The summed E-state index contributed by atoms with van der Waals surface area (Å²) in [4.78, 5) is 0. The molecule has 2 N–H and O–H groups in total. The van der Waals surface area contributed by atoms with Gasteiger partial charge in [-0.05, 0) is 24.1 Å². The summed E-state index contributed by atoms with van der Waals surface area (Å²) in [5.74, 6) is -0.392. The second-order valence-corrected chi connectivity index (χ2v) is 3.83. The predicted molar refractivity (Wildman–Crippen MR) is 65.1 cm³/mol. The van der Waals surface area contributed by atoms with Crippen molar-refractivity contribution in [3.8, 4) is 0 Å². The van der Waals surface area contributed by atoms with Gasteiger partial charge in [-0.1, -0.05) is 37.4 Å². The van der Waals surface area contributed by atoms with Gasteiger partial charge in [0.25, 0.3) is 0 Å². The van der Waals surface area contributed by atoms with E-state index in [2.05, 4.69) is 6.92 Å². The number of hydrogen-bond donors (Lipinski definition) is 1. The standard InChI is InChI=1S/C11H15ClFN.ClH/c1-2-3-4-11(14)8-5-6-9(12)10(13)7-8;/h5-7,11H,2-4,14H2,1H3;1H/t11-;/m1./s1. The zero-order chi connectivity index (χ0) is 10.6. The van der Waals surface area contributed by atoms with Crippen molar-refractivity contribution in [3.05, 3.63) is 34.6 Å². The average molecular weight is 252 g/mol.